The van der Waals surface area contributed by atoms with Crippen LogP contribution in [0.4, 0.5) is 13.2 Å². The van der Waals surface area contributed by atoms with Gasteiger partial charge < -0.3 is 0 Å². The Hall–Kier alpha value is -2.88. The Bertz CT molecular complexity index is 828. The van der Waals surface area contributed by atoms with Gasteiger partial charge in [0, 0.05) is 6.21 Å². The van der Waals surface area contributed by atoms with Crippen LogP contribution in [0.15, 0.2) is 95.0 Å². The molecule has 2 aromatic rings. The Balaban J connectivity index is 1.94. The van der Waals surface area contributed by atoms with E-state index in [4.69, 9.17) is 0 Å². The molecule has 0 heterocycles. The van der Waals surface area contributed by atoms with Gasteiger partial charge in [0.2, 0.25) is 0 Å². The number of hydrogen-bond acceptors (Lipinski definition) is 1. The molecule has 0 bridgehead atoms. The smallest absolute Gasteiger partial charge is 0.280 e. The quantitative estimate of drug-likeness (QED) is 0.644. The van der Waals surface area contributed by atoms with Crippen molar-refractivity contribution in [3.63, 3.8) is 0 Å². The van der Waals surface area contributed by atoms with E-state index < -0.39 is 17.8 Å². The Morgan fingerprint density at radius 1 is 0.840 bits per heavy atom. The van der Waals surface area contributed by atoms with Crippen molar-refractivity contribution < 1.29 is 13.2 Å². The highest BCUT2D eigenvalue weighted by molar-refractivity contribution is 5.80. The van der Waals surface area contributed by atoms with Crippen LogP contribution in [-0.4, -0.2) is 18.4 Å². The summed E-state index contributed by atoms with van der Waals surface area (Å²) < 4.78 is 39.1. The van der Waals surface area contributed by atoms with Crippen LogP contribution in [0.1, 0.15) is 11.1 Å². The van der Waals surface area contributed by atoms with Gasteiger partial charge in [-0.3, -0.25) is 4.99 Å². The molecule has 2 aromatic carbocycles. The zero-order valence-electron chi connectivity index (χ0n) is 13.3. The van der Waals surface area contributed by atoms with E-state index in [0.29, 0.717) is 5.57 Å². The van der Waals surface area contributed by atoms with Gasteiger partial charge in [-0.25, -0.2) is 0 Å². The van der Waals surface area contributed by atoms with E-state index in [-0.39, 0.29) is 0 Å². The van der Waals surface area contributed by atoms with E-state index in [0.717, 1.165) is 17.2 Å². The molecular formula is C21H16F3N. The zero-order valence-corrected chi connectivity index (χ0v) is 13.3. The lowest BCUT2D eigenvalue weighted by molar-refractivity contribution is -0.0883. The van der Waals surface area contributed by atoms with Crippen LogP contribution in [-0.2, 0) is 0 Å². The first-order chi connectivity index (χ1) is 12.0. The summed E-state index contributed by atoms with van der Waals surface area (Å²) in [5.41, 5.74) is 1.58. The number of nitrogens with zero attached hydrogens (tertiary/aromatic N) is 1. The first-order valence-electron chi connectivity index (χ1n) is 7.84. The first-order valence-corrected chi connectivity index (χ1v) is 7.84. The van der Waals surface area contributed by atoms with Gasteiger partial charge >= 0.3 is 6.18 Å². The summed E-state index contributed by atoms with van der Waals surface area (Å²) in [7, 11) is 0. The van der Waals surface area contributed by atoms with Crippen molar-refractivity contribution in [1.82, 2.24) is 0 Å². The van der Waals surface area contributed by atoms with Crippen molar-refractivity contribution >= 4 is 12.3 Å². The summed E-state index contributed by atoms with van der Waals surface area (Å²) in [6.45, 7) is 0. The molecular weight excluding hydrogens is 323 g/mol. The lowest BCUT2D eigenvalue weighted by Gasteiger charge is -2.18. The van der Waals surface area contributed by atoms with Crippen LogP contribution in [0.25, 0.3) is 6.08 Å². The fourth-order valence-corrected chi connectivity index (χ4v) is 2.51. The molecule has 1 nitrogen and oxygen atoms in total. The summed E-state index contributed by atoms with van der Waals surface area (Å²) in [5.74, 6) is 0. The minimum absolute atomic E-state index is 0.452. The molecule has 1 aliphatic rings. The standard InChI is InChI=1S/C21H16F3N/c22-21(23,24)19-11-12-20(25-15-17-9-5-2-6-10-17)18(14-19)13-16-7-3-1-4-8-16/h1-15,20H. The molecule has 25 heavy (non-hydrogen) atoms. The molecule has 0 fully saturated rings. The van der Waals surface area contributed by atoms with Gasteiger partial charge in [-0.2, -0.15) is 13.2 Å². The fraction of sp³-hybridized carbons (Fsp3) is 0.0952. The number of alkyl halides is 3. The average molecular weight is 339 g/mol. The minimum atomic E-state index is -4.37. The van der Waals surface area contributed by atoms with E-state index in [9.17, 15) is 13.2 Å². The molecule has 0 spiro atoms. The van der Waals surface area contributed by atoms with Crippen LogP contribution in [0, 0.1) is 0 Å². The van der Waals surface area contributed by atoms with Crippen LogP contribution < -0.4 is 0 Å². The number of halogens is 3. The summed E-state index contributed by atoms with van der Waals surface area (Å²) in [4.78, 5) is 4.46. The lowest BCUT2D eigenvalue weighted by Crippen LogP contribution is -2.16. The number of allylic oxidation sites excluding steroid dienone is 2. The van der Waals surface area contributed by atoms with Crippen molar-refractivity contribution in [2.24, 2.45) is 4.99 Å². The van der Waals surface area contributed by atoms with Crippen molar-refractivity contribution in [2.45, 2.75) is 12.2 Å². The molecule has 0 radical (unpaired) electrons. The number of aliphatic imine (C=N–C) groups is 1. The van der Waals surface area contributed by atoms with Gasteiger partial charge in [0.1, 0.15) is 0 Å². The van der Waals surface area contributed by atoms with E-state index in [2.05, 4.69) is 4.99 Å². The van der Waals surface area contributed by atoms with Gasteiger partial charge in [0.25, 0.3) is 0 Å². The number of rotatable bonds is 3. The minimum Gasteiger partial charge on any atom is -0.280 e. The Morgan fingerprint density at radius 3 is 2.04 bits per heavy atom. The van der Waals surface area contributed by atoms with Crippen molar-refractivity contribution in [1.29, 1.82) is 0 Å². The summed E-state index contributed by atoms with van der Waals surface area (Å²) >= 11 is 0. The normalized spacial score (nSPS) is 19.4. The predicted octanol–water partition coefficient (Wildman–Crippen LogP) is 5.62. The highest BCUT2D eigenvalue weighted by atomic mass is 19.4. The average Bonchev–Trinajstić information content (AvgIpc) is 2.61. The van der Waals surface area contributed by atoms with E-state index in [1.807, 2.05) is 60.7 Å². The predicted molar refractivity (Wildman–Crippen MR) is 95.5 cm³/mol. The Kier molecular flexibility index (Phi) is 4.98. The second kappa shape index (κ2) is 7.34. The molecule has 0 N–H and O–H groups in total. The summed E-state index contributed by atoms with van der Waals surface area (Å²) in [6, 6.07) is 18.3. The summed E-state index contributed by atoms with van der Waals surface area (Å²) in [6.07, 6.45) is 2.79. The largest absolute Gasteiger partial charge is 0.416 e. The third kappa shape index (κ3) is 4.57. The number of hydrogen-bond donors (Lipinski definition) is 0. The van der Waals surface area contributed by atoms with Crippen LogP contribution in [0.5, 0.6) is 0 Å². The van der Waals surface area contributed by atoms with Crippen LogP contribution >= 0.6 is 0 Å². The Labute approximate surface area is 144 Å². The molecule has 1 unspecified atom stereocenters. The molecule has 1 atom stereocenters. The molecule has 4 heteroatoms. The molecule has 0 aromatic heterocycles. The monoisotopic (exact) mass is 339 g/mol. The third-order valence-electron chi connectivity index (χ3n) is 3.77. The fourth-order valence-electron chi connectivity index (χ4n) is 2.51. The maximum Gasteiger partial charge on any atom is 0.416 e. The highest BCUT2D eigenvalue weighted by Crippen LogP contribution is 2.32. The van der Waals surface area contributed by atoms with E-state index in [1.165, 1.54) is 12.2 Å². The van der Waals surface area contributed by atoms with Gasteiger partial charge in [0.05, 0.1) is 11.6 Å². The van der Waals surface area contributed by atoms with E-state index >= 15 is 0 Å². The highest BCUT2D eigenvalue weighted by Gasteiger charge is 2.34. The second-order valence-corrected chi connectivity index (χ2v) is 5.65. The lowest BCUT2D eigenvalue weighted by atomic mass is 9.95. The Morgan fingerprint density at radius 2 is 1.44 bits per heavy atom. The SMILES string of the molecule is FC(F)(F)C1=CC(=Cc2ccccc2)C(N=Cc2ccccc2)C=C1. The maximum atomic E-state index is 13.0. The maximum absolute atomic E-state index is 13.0. The van der Waals surface area contributed by atoms with Gasteiger partial charge in [-0.05, 0) is 28.9 Å². The van der Waals surface area contributed by atoms with Crippen molar-refractivity contribution in [3.8, 4) is 0 Å². The second-order valence-electron chi connectivity index (χ2n) is 5.65. The molecule has 1 aliphatic carbocycles. The van der Waals surface area contributed by atoms with Crippen molar-refractivity contribution in [3.05, 3.63) is 101 Å². The molecule has 0 aliphatic heterocycles. The van der Waals surface area contributed by atoms with E-state index in [1.54, 1.807) is 12.3 Å². The number of benzene rings is 2. The first kappa shape index (κ1) is 17.0. The molecule has 126 valence electrons. The third-order valence-corrected chi connectivity index (χ3v) is 3.77. The van der Waals surface area contributed by atoms with Crippen LogP contribution in [0.2, 0.25) is 0 Å². The van der Waals surface area contributed by atoms with Gasteiger partial charge in [-0.15, -0.1) is 0 Å². The van der Waals surface area contributed by atoms with Gasteiger partial charge in [0.15, 0.2) is 0 Å². The molecule has 0 amide bonds. The van der Waals surface area contributed by atoms with Gasteiger partial charge in [-0.1, -0.05) is 72.8 Å². The van der Waals surface area contributed by atoms with Crippen LogP contribution in [0.3, 0.4) is 0 Å². The summed E-state index contributed by atoms with van der Waals surface area (Å²) in [5, 5.41) is 0. The molecule has 0 saturated heterocycles. The molecule has 0 saturated carbocycles. The molecule has 3 rings (SSSR count). The topological polar surface area (TPSA) is 12.4 Å². The van der Waals surface area contributed by atoms with Crippen molar-refractivity contribution in [2.75, 3.05) is 0 Å². The zero-order chi connectivity index (χ0) is 17.7.